The predicted octanol–water partition coefficient (Wildman–Crippen LogP) is 6.09. The Morgan fingerprint density at radius 1 is 0.969 bits per heavy atom. The van der Waals surface area contributed by atoms with Crippen molar-refractivity contribution in [2.24, 2.45) is 5.92 Å². The van der Waals surface area contributed by atoms with Gasteiger partial charge in [-0.1, -0.05) is 72.3 Å². The number of halogens is 1. The highest BCUT2D eigenvalue weighted by Crippen LogP contribution is 2.26. The summed E-state index contributed by atoms with van der Waals surface area (Å²) in [7, 11) is 0. The summed E-state index contributed by atoms with van der Waals surface area (Å²) >= 11 is 6.22. The van der Waals surface area contributed by atoms with E-state index in [9.17, 15) is 10.1 Å². The summed E-state index contributed by atoms with van der Waals surface area (Å²) in [4.78, 5) is 15.1. The third-order valence-corrected chi connectivity index (χ3v) is 5.88. The van der Waals surface area contributed by atoms with Crippen LogP contribution in [-0.2, 0) is 17.9 Å². The predicted molar refractivity (Wildman–Crippen MR) is 127 cm³/mol. The van der Waals surface area contributed by atoms with Crippen molar-refractivity contribution in [2.45, 2.75) is 33.4 Å². The molecule has 5 heteroatoms. The smallest absolute Gasteiger partial charge is 0.240 e. The number of hydrogen-bond donors (Lipinski definition) is 0. The summed E-state index contributed by atoms with van der Waals surface area (Å²) in [5.74, 6) is -0.275. The maximum Gasteiger partial charge on any atom is 0.240 e. The van der Waals surface area contributed by atoms with Crippen molar-refractivity contribution in [1.29, 1.82) is 5.26 Å². The minimum atomic E-state index is -0.781. The van der Waals surface area contributed by atoms with Crippen LogP contribution in [0.25, 0.3) is 0 Å². The zero-order valence-corrected chi connectivity index (χ0v) is 19.2. The molecule has 3 aromatic carbocycles. The molecular weight excluding hydrogens is 420 g/mol. The zero-order chi connectivity index (χ0) is 22.9. The van der Waals surface area contributed by atoms with E-state index in [1.54, 1.807) is 4.90 Å². The highest BCUT2D eigenvalue weighted by atomic mass is 35.5. The Labute approximate surface area is 195 Å². The van der Waals surface area contributed by atoms with Gasteiger partial charge < -0.3 is 9.64 Å². The lowest BCUT2D eigenvalue weighted by atomic mass is 10.0. The van der Waals surface area contributed by atoms with E-state index in [4.69, 9.17) is 16.3 Å². The number of hydrogen-bond acceptors (Lipinski definition) is 3. The molecule has 0 aliphatic heterocycles. The number of amides is 1. The summed E-state index contributed by atoms with van der Waals surface area (Å²) in [6, 6.07) is 25.6. The van der Waals surface area contributed by atoms with Gasteiger partial charge in [0.2, 0.25) is 5.91 Å². The van der Waals surface area contributed by atoms with E-state index in [2.05, 4.69) is 6.07 Å². The van der Waals surface area contributed by atoms with Gasteiger partial charge in [0.1, 0.15) is 11.7 Å². The quantitative estimate of drug-likeness (QED) is 0.399. The lowest BCUT2D eigenvalue weighted by Gasteiger charge is -2.25. The van der Waals surface area contributed by atoms with Gasteiger partial charge in [-0.05, 0) is 48.2 Å². The third-order valence-electron chi connectivity index (χ3n) is 5.28. The van der Waals surface area contributed by atoms with Crippen molar-refractivity contribution >= 4 is 17.5 Å². The first-order chi connectivity index (χ1) is 15.5. The Hall–Kier alpha value is -3.29. The molecule has 164 valence electrons. The SMILES string of the molecule is Cc1cc(OCCC(C#N)C(=O)N(Cc2ccccc2)Cc2ccccc2)cc(C)c1Cl. The molecule has 3 aromatic rings. The summed E-state index contributed by atoms with van der Waals surface area (Å²) in [5, 5.41) is 10.5. The van der Waals surface area contributed by atoms with Gasteiger partial charge in [-0.15, -0.1) is 0 Å². The average Bonchev–Trinajstić information content (AvgIpc) is 2.81. The van der Waals surface area contributed by atoms with E-state index >= 15 is 0 Å². The Balaban J connectivity index is 1.69. The number of aryl methyl sites for hydroxylation is 2. The molecule has 3 rings (SSSR count). The fourth-order valence-electron chi connectivity index (χ4n) is 3.57. The zero-order valence-electron chi connectivity index (χ0n) is 18.4. The topological polar surface area (TPSA) is 53.3 Å². The number of ether oxygens (including phenoxy) is 1. The molecule has 1 unspecified atom stereocenters. The second kappa shape index (κ2) is 11.4. The Kier molecular flexibility index (Phi) is 8.30. The van der Waals surface area contributed by atoms with Crippen LogP contribution >= 0.6 is 11.6 Å². The van der Waals surface area contributed by atoms with Crippen LogP contribution < -0.4 is 4.74 Å². The van der Waals surface area contributed by atoms with E-state index in [0.717, 1.165) is 27.3 Å². The van der Waals surface area contributed by atoms with Gasteiger partial charge in [-0.25, -0.2) is 0 Å². The molecule has 0 N–H and O–H groups in total. The van der Waals surface area contributed by atoms with Crippen molar-refractivity contribution < 1.29 is 9.53 Å². The normalized spacial score (nSPS) is 11.4. The van der Waals surface area contributed by atoms with E-state index in [1.165, 1.54) is 0 Å². The molecule has 1 atom stereocenters. The summed E-state index contributed by atoms with van der Waals surface area (Å²) in [6.07, 6.45) is 0.316. The van der Waals surface area contributed by atoms with Crippen LogP contribution in [0.5, 0.6) is 5.75 Å². The minimum absolute atomic E-state index is 0.188. The number of nitriles is 1. The molecular formula is C27H27ClN2O2. The first-order valence-corrected chi connectivity index (χ1v) is 11.0. The van der Waals surface area contributed by atoms with Gasteiger partial charge in [0.05, 0.1) is 12.7 Å². The van der Waals surface area contributed by atoms with Crippen LogP contribution in [-0.4, -0.2) is 17.4 Å². The molecule has 4 nitrogen and oxygen atoms in total. The molecule has 0 heterocycles. The standard InChI is InChI=1S/C27H27ClN2O2/c1-20-15-25(16-21(2)26(20)28)32-14-13-24(17-29)27(31)30(18-22-9-5-3-6-10-22)19-23-11-7-4-8-12-23/h3-12,15-16,24H,13-14,18-19H2,1-2H3. The third kappa shape index (κ3) is 6.35. The second-order valence-corrected chi connectivity index (χ2v) is 8.23. The molecule has 0 bridgehead atoms. The summed E-state index contributed by atoms with van der Waals surface area (Å²) in [6.45, 7) is 5.02. The van der Waals surface area contributed by atoms with E-state index in [-0.39, 0.29) is 12.5 Å². The first-order valence-electron chi connectivity index (χ1n) is 10.6. The Bertz CT molecular complexity index is 1010. The minimum Gasteiger partial charge on any atom is -0.494 e. The van der Waals surface area contributed by atoms with Crippen molar-refractivity contribution in [1.82, 2.24) is 4.90 Å². The van der Waals surface area contributed by atoms with Gasteiger partial charge in [-0.3, -0.25) is 4.79 Å². The number of nitrogens with zero attached hydrogens (tertiary/aromatic N) is 2. The second-order valence-electron chi connectivity index (χ2n) is 7.86. The molecule has 0 saturated carbocycles. The van der Waals surface area contributed by atoms with Gasteiger partial charge in [0.15, 0.2) is 0 Å². The van der Waals surface area contributed by atoms with Gasteiger partial charge in [0.25, 0.3) is 0 Å². The molecule has 0 aliphatic carbocycles. The highest BCUT2D eigenvalue weighted by Gasteiger charge is 2.25. The number of benzene rings is 3. The molecule has 32 heavy (non-hydrogen) atoms. The number of rotatable bonds is 9. The van der Waals surface area contributed by atoms with Crippen molar-refractivity contribution in [3.63, 3.8) is 0 Å². The van der Waals surface area contributed by atoms with Crippen molar-refractivity contribution in [3.05, 3.63) is 100 Å². The summed E-state index contributed by atoms with van der Waals surface area (Å²) < 4.78 is 5.84. The van der Waals surface area contributed by atoms with Crippen LogP contribution in [0.4, 0.5) is 0 Å². The lowest BCUT2D eigenvalue weighted by molar-refractivity contribution is -0.135. The molecule has 0 radical (unpaired) electrons. The fraction of sp³-hybridized carbons (Fsp3) is 0.259. The molecule has 0 spiro atoms. The van der Waals surface area contributed by atoms with Crippen LogP contribution in [0.1, 0.15) is 28.7 Å². The van der Waals surface area contributed by atoms with E-state index < -0.39 is 5.92 Å². The van der Waals surface area contributed by atoms with E-state index in [0.29, 0.717) is 25.3 Å². The maximum absolute atomic E-state index is 13.3. The Morgan fingerprint density at radius 3 is 1.94 bits per heavy atom. The highest BCUT2D eigenvalue weighted by molar-refractivity contribution is 6.32. The van der Waals surface area contributed by atoms with Crippen molar-refractivity contribution in [2.75, 3.05) is 6.61 Å². The van der Waals surface area contributed by atoms with Gasteiger partial charge in [0, 0.05) is 24.5 Å². The van der Waals surface area contributed by atoms with Crippen molar-refractivity contribution in [3.8, 4) is 11.8 Å². The molecule has 0 aromatic heterocycles. The molecule has 0 fully saturated rings. The molecule has 1 amide bonds. The number of carbonyl (C=O) groups is 1. The van der Waals surface area contributed by atoms with E-state index in [1.807, 2.05) is 86.6 Å². The molecule has 0 aliphatic rings. The average molecular weight is 447 g/mol. The van der Waals surface area contributed by atoms with Crippen LogP contribution in [0.2, 0.25) is 5.02 Å². The maximum atomic E-state index is 13.3. The monoisotopic (exact) mass is 446 g/mol. The van der Waals surface area contributed by atoms with Crippen LogP contribution in [0, 0.1) is 31.1 Å². The number of carbonyl (C=O) groups excluding carboxylic acids is 1. The Morgan fingerprint density at radius 2 is 1.47 bits per heavy atom. The van der Waals surface area contributed by atoms with Crippen LogP contribution in [0.15, 0.2) is 72.8 Å². The van der Waals surface area contributed by atoms with Gasteiger partial charge in [-0.2, -0.15) is 5.26 Å². The largest absolute Gasteiger partial charge is 0.494 e. The summed E-state index contributed by atoms with van der Waals surface area (Å²) in [5.41, 5.74) is 3.92. The van der Waals surface area contributed by atoms with Crippen LogP contribution in [0.3, 0.4) is 0 Å². The first kappa shape index (κ1) is 23.4. The fourth-order valence-corrected chi connectivity index (χ4v) is 3.68. The lowest BCUT2D eigenvalue weighted by Crippen LogP contribution is -2.35. The van der Waals surface area contributed by atoms with Gasteiger partial charge >= 0.3 is 0 Å². The molecule has 0 saturated heterocycles.